The first-order valence-electron chi connectivity index (χ1n) is 8.37. The maximum atomic E-state index is 6.26. The van der Waals surface area contributed by atoms with Crippen molar-refractivity contribution in [1.82, 2.24) is 15.1 Å². The lowest BCUT2D eigenvalue weighted by atomic mass is 10.2. The van der Waals surface area contributed by atoms with E-state index in [0.717, 1.165) is 79.6 Å². The van der Waals surface area contributed by atoms with E-state index in [9.17, 15) is 0 Å². The van der Waals surface area contributed by atoms with E-state index in [-0.39, 0.29) is 0 Å². The summed E-state index contributed by atoms with van der Waals surface area (Å²) in [5.41, 5.74) is 1.01. The first-order chi connectivity index (χ1) is 11.6. The van der Waals surface area contributed by atoms with Gasteiger partial charge in [-0.3, -0.25) is 4.90 Å². The highest BCUT2D eigenvalue weighted by atomic mass is 35.5. The molecule has 7 heteroatoms. The SMILES string of the molecule is CCOCCCNC(=S)N1CCN(Cc2c(Cl)cccc2Cl)CC1. The van der Waals surface area contributed by atoms with Crippen molar-refractivity contribution in [1.29, 1.82) is 0 Å². The summed E-state index contributed by atoms with van der Waals surface area (Å²) in [6, 6.07) is 5.66. The normalized spacial score (nSPS) is 15.5. The molecule has 24 heavy (non-hydrogen) atoms. The Morgan fingerprint density at radius 3 is 2.50 bits per heavy atom. The summed E-state index contributed by atoms with van der Waals surface area (Å²) in [4.78, 5) is 4.59. The summed E-state index contributed by atoms with van der Waals surface area (Å²) in [5, 5.41) is 5.61. The Morgan fingerprint density at radius 1 is 1.21 bits per heavy atom. The molecule has 1 N–H and O–H groups in total. The Morgan fingerprint density at radius 2 is 1.88 bits per heavy atom. The van der Waals surface area contributed by atoms with E-state index in [1.807, 2.05) is 25.1 Å². The molecular weight excluding hydrogens is 365 g/mol. The highest BCUT2D eigenvalue weighted by molar-refractivity contribution is 7.80. The van der Waals surface area contributed by atoms with Crippen LogP contribution in [0.2, 0.25) is 10.0 Å². The van der Waals surface area contributed by atoms with E-state index in [1.165, 1.54) is 0 Å². The molecule has 0 radical (unpaired) electrons. The lowest BCUT2D eigenvalue weighted by molar-refractivity contribution is 0.145. The summed E-state index contributed by atoms with van der Waals surface area (Å²) >= 11 is 18.0. The number of nitrogens with one attached hydrogen (secondary N) is 1. The largest absolute Gasteiger partial charge is 0.382 e. The molecule has 1 aromatic rings. The molecule has 0 unspecified atom stereocenters. The molecule has 2 rings (SSSR count). The highest BCUT2D eigenvalue weighted by Crippen LogP contribution is 2.26. The van der Waals surface area contributed by atoms with Gasteiger partial charge in [-0.15, -0.1) is 0 Å². The molecule has 0 aromatic heterocycles. The molecule has 1 heterocycles. The van der Waals surface area contributed by atoms with Crippen molar-refractivity contribution < 1.29 is 4.74 Å². The topological polar surface area (TPSA) is 27.7 Å². The van der Waals surface area contributed by atoms with Crippen molar-refractivity contribution in [3.8, 4) is 0 Å². The van der Waals surface area contributed by atoms with Crippen LogP contribution in [0.25, 0.3) is 0 Å². The van der Waals surface area contributed by atoms with Crippen LogP contribution in [-0.2, 0) is 11.3 Å². The fraction of sp³-hybridized carbons (Fsp3) is 0.588. The molecular formula is C17H25Cl2N3OS. The number of halogens is 2. The second-order valence-electron chi connectivity index (χ2n) is 5.75. The van der Waals surface area contributed by atoms with Crippen LogP contribution >= 0.6 is 35.4 Å². The van der Waals surface area contributed by atoms with Gasteiger partial charge in [0.15, 0.2) is 5.11 Å². The van der Waals surface area contributed by atoms with Crippen molar-refractivity contribution in [3.05, 3.63) is 33.8 Å². The molecule has 1 saturated heterocycles. The fourth-order valence-corrected chi connectivity index (χ4v) is 3.44. The van der Waals surface area contributed by atoms with E-state index < -0.39 is 0 Å². The maximum absolute atomic E-state index is 6.26. The second-order valence-corrected chi connectivity index (χ2v) is 6.95. The Hall–Kier alpha value is -0.590. The first kappa shape index (κ1) is 19.7. The molecule has 0 amide bonds. The lowest BCUT2D eigenvalue weighted by Crippen LogP contribution is -2.51. The molecule has 1 aliphatic heterocycles. The molecule has 134 valence electrons. The number of ether oxygens (including phenoxy) is 1. The monoisotopic (exact) mass is 389 g/mol. The van der Waals surface area contributed by atoms with Gasteiger partial charge in [-0.25, -0.2) is 0 Å². The number of hydrogen-bond donors (Lipinski definition) is 1. The van der Waals surface area contributed by atoms with Crippen LogP contribution in [0.15, 0.2) is 18.2 Å². The zero-order chi connectivity index (χ0) is 17.4. The van der Waals surface area contributed by atoms with Gasteiger partial charge in [0, 0.05) is 68.1 Å². The van der Waals surface area contributed by atoms with E-state index in [2.05, 4.69) is 15.1 Å². The van der Waals surface area contributed by atoms with Crippen LogP contribution in [0.5, 0.6) is 0 Å². The number of rotatable bonds is 7. The minimum Gasteiger partial charge on any atom is -0.382 e. The molecule has 0 bridgehead atoms. The van der Waals surface area contributed by atoms with Gasteiger partial charge in [0.2, 0.25) is 0 Å². The average molecular weight is 390 g/mol. The van der Waals surface area contributed by atoms with E-state index in [0.29, 0.717) is 0 Å². The molecule has 0 aliphatic carbocycles. The van der Waals surface area contributed by atoms with Crippen molar-refractivity contribution in [3.63, 3.8) is 0 Å². The summed E-state index contributed by atoms with van der Waals surface area (Å²) in [6.45, 7) is 8.91. The summed E-state index contributed by atoms with van der Waals surface area (Å²) < 4.78 is 5.33. The Balaban J connectivity index is 1.72. The second kappa shape index (κ2) is 10.4. The van der Waals surface area contributed by atoms with E-state index in [4.69, 9.17) is 40.2 Å². The number of benzene rings is 1. The quantitative estimate of drug-likeness (QED) is 0.569. The average Bonchev–Trinajstić information content (AvgIpc) is 2.58. The Bertz CT molecular complexity index is 516. The van der Waals surface area contributed by atoms with Gasteiger partial charge in [-0.1, -0.05) is 29.3 Å². The summed E-state index contributed by atoms with van der Waals surface area (Å²) in [6.07, 6.45) is 0.971. The van der Waals surface area contributed by atoms with Crippen LogP contribution in [0, 0.1) is 0 Å². The predicted molar refractivity (Wildman–Crippen MR) is 105 cm³/mol. The number of piperazine rings is 1. The summed E-state index contributed by atoms with van der Waals surface area (Å²) in [5.74, 6) is 0. The number of nitrogens with zero attached hydrogens (tertiary/aromatic N) is 2. The zero-order valence-corrected chi connectivity index (χ0v) is 16.4. The molecule has 4 nitrogen and oxygen atoms in total. The third-order valence-corrected chi connectivity index (χ3v) is 5.16. The van der Waals surface area contributed by atoms with Crippen molar-refractivity contribution in [2.45, 2.75) is 19.9 Å². The van der Waals surface area contributed by atoms with Crippen molar-refractivity contribution >= 4 is 40.5 Å². The van der Waals surface area contributed by atoms with Crippen LogP contribution in [0.3, 0.4) is 0 Å². The lowest BCUT2D eigenvalue weighted by Gasteiger charge is -2.36. The standard InChI is InChI=1S/C17H25Cl2N3OS/c1-2-23-12-4-7-20-17(24)22-10-8-21(9-11-22)13-14-15(18)5-3-6-16(14)19/h3,5-6H,2,4,7-13H2,1H3,(H,20,24). The molecule has 1 aliphatic rings. The van der Waals surface area contributed by atoms with Crippen LogP contribution in [-0.4, -0.2) is 60.8 Å². The van der Waals surface area contributed by atoms with Crippen LogP contribution in [0.1, 0.15) is 18.9 Å². The minimum absolute atomic E-state index is 0.733. The fourth-order valence-electron chi connectivity index (χ4n) is 2.64. The van der Waals surface area contributed by atoms with Crippen molar-refractivity contribution in [2.75, 3.05) is 45.9 Å². The van der Waals surface area contributed by atoms with Gasteiger partial charge in [0.1, 0.15) is 0 Å². The maximum Gasteiger partial charge on any atom is 0.169 e. The summed E-state index contributed by atoms with van der Waals surface area (Å²) in [7, 11) is 0. The van der Waals surface area contributed by atoms with Crippen molar-refractivity contribution in [2.24, 2.45) is 0 Å². The van der Waals surface area contributed by atoms with Gasteiger partial charge in [-0.05, 0) is 37.7 Å². The Kier molecular flexibility index (Phi) is 8.56. The zero-order valence-electron chi connectivity index (χ0n) is 14.1. The van der Waals surface area contributed by atoms with Crippen LogP contribution < -0.4 is 5.32 Å². The molecule has 1 aromatic carbocycles. The van der Waals surface area contributed by atoms with Gasteiger partial charge in [0.25, 0.3) is 0 Å². The first-order valence-corrected chi connectivity index (χ1v) is 9.54. The third kappa shape index (κ3) is 6.05. The number of hydrogen-bond acceptors (Lipinski definition) is 3. The molecule has 0 spiro atoms. The van der Waals surface area contributed by atoms with Gasteiger partial charge >= 0.3 is 0 Å². The van der Waals surface area contributed by atoms with Gasteiger partial charge in [0.05, 0.1) is 0 Å². The number of thiocarbonyl (C=S) groups is 1. The predicted octanol–water partition coefficient (Wildman–Crippen LogP) is 3.41. The van der Waals surface area contributed by atoms with Crippen LogP contribution in [0.4, 0.5) is 0 Å². The third-order valence-electron chi connectivity index (χ3n) is 4.05. The minimum atomic E-state index is 0.733. The van der Waals surface area contributed by atoms with Gasteiger partial charge < -0.3 is 15.0 Å². The molecule has 1 fully saturated rings. The van der Waals surface area contributed by atoms with E-state index >= 15 is 0 Å². The smallest absolute Gasteiger partial charge is 0.169 e. The van der Waals surface area contributed by atoms with E-state index in [1.54, 1.807) is 0 Å². The highest BCUT2D eigenvalue weighted by Gasteiger charge is 2.20. The molecule has 0 saturated carbocycles. The van der Waals surface area contributed by atoms with Gasteiger partial charge in [-0.2, -0.15) is 0 Å². The molecule has 0 atom stereocenters. The Labute approximate surface area is 160 Å².